The molecule has 0 aliphatic rings. The van der Waals surface area contributed by atoms with Gasteiger partial charge >= 0.3 is 11.7 Å². The highest BCUT2D eigenvalue weighted by molar-refractivity contribution is 5.92. The predicted molar refractivity (Wildman–Crippen MR) is 25.9 cm³/mol. The van der Waals surface area contributed by atoms with Crippen LogP contribution in [-0.4, -0.2) is 21.9 Å². The standard InChI is InChI=1S/C3H2N2O4/c4-1-2(3(6)7)5(8)9/h4H,(H,6,7). The van der Waals surface area contributed by atoms with Crippen LogP contribution in [0.25, 0.3) is 0 Å². The second-order valence-corrected chi connectivity index (χ2v) is 1.04. The number of nitro groups is 1. The molecule has 0 amide bonds. The Kier molecular flexibility index (Phi) is 2.10. The summed E-state index contributed by atoms with van der Waals surface area (Å²) in [5.74, 6) is -0.586. The fraction of sp³-hybridized carbons (Fsp3) is 0. The number of rotatable bonds is 2. The lowest BCUT2D eigenvalue weighted by Gasteiger charge is -1.82. The zero-order valence-corrected chi connectivity index (χ0v) is 4.12. The lowest BCUT2D eigenvalue weighted by atomic mass is 10.5. The van der Waals surface area contributed by atoms with Crippen molar-refractivity contribution >= 4 is 11.8 Å². The first-order valence-electron chi connectivity index (χ1n) is 1.77. The van der Waals surface area contributed by atoms with Crippen molar-refractivity contribution in [1.29, 1.82) is 5.41 Å². The summed E-state index contributed by atoms with van der Waals surface area (Å²) in [5.41, 5.74) is -1.25. The number of aliphatic carboxylic acids is 1. The molecule has 2 N–H and O–H groups in total. The summed E-state index contributed by atoms with van der Waals surface area (Å²) in [6.07, 6.45) is 0. The van der Waals surface area contributed by atoms with E-state index in [1.165, 1.54) is 5.87 Å². The molecule has 48 valence electrons. The van der Waals surface area contributed by atoms with Crippen molar-refractivity contribution in [2.24, 2.45) is 0 Å². The van der Waals surface area contributed by atoms with Crippen LogP contribution in [0.3, 0.4) is 0 Å². The van der Waals surface area contributed by atoms with Crippen LogP contribution in [0.2, 0.25) is 0 Å². The SMILES string of the molecule is N=C=C(C(=O)O)[N+](=O)[O-]. The van der Waals surface area contributed by atoms with Gasteiger partial charge in [0.25, 0.3) is 0 Å². The minimum Gasteiger partial charge on any atom is -0.473 e. The third kappa shape index (κ3) is 1.70. The summed E-state index contributed by atoms with van der Waals surface area (Å²) >= 11 is 0. The van der Waals surface area contributed by atoms with E-state index in [-0.39, 0.29) is 0 Å². The highest BCUT2D eigenvalue weighted by Crippen LogP contribution is 1.86. The van der Waals surface area contributed by atoms with E-state index < -0.39 is 16.6 Å². The van der Waals surface area contributed by atoms with Crippen LogP contribution >= 0.6 is 0 Å². The molecular weight excluding hydrogens is 128 g/mol. The molecule has 0 bridgehead atoms. The minimum atomic E-state index is -1.75. The van der Waals surface area contributed by atoms with Crippen molar-refractivity contribution in [3.8, 4) is 0 Å². The number of nitrogens with one attached hydrogen (secondary N) is 1. The summed E-state index contributed by atoms with van der Waals surface area (Å²) in [6.45, 7) is 0. The monoisotopic (exact) mass is 130 g/mol. The van der Waals surface area contributed by atoms with E-state index in [1.807, 2.05) is 0 Å². The normalized spacial score (nSPS) is 7.56. The number of hydrogen-bond donors (Lipinski definition) is 2. The van der Waals surface area contributed by atoms with E-state index >= 15 is 0 Å². The number of carbonyl (C=O) groups is 1. The molecule has 0 atom stereocenters. The third-order valence-electron chi connectivity index (χ3n) is 0.504. The summed E-state index contributed by atoms with van der Waals surface area (Å²) in [6, 6.07) is 0. The average Bonchev–Trinajstić information content (AvgIpc) is 1.64. The van der Waals surface area contributed by atoms with Gasteiger partial charge < -0.3 is 5.11 Å². The van der Waals surface area contributed by atoms with Gasteiger partial charge in [-0.2, -0.15) is 0 Å². The zero-order chi connectivity index (χ0) is 7.44. The molecule has 0 heterocycles. The first-order valence-corrected chi connectivity index (χ1v) is 1.77. The predicted octanol–water partition coefficient (Wildman–Crippen LogP) is -0.520. The molecular formula is C3H2N2O4. The topological polar surface area (TPSA) is 104 Å². The van der Waals surface area contributed by atoms with Gasteiger partial charge in [0.15, 0.2) is 0 Å². The summed E-state index contributed by atoms with van der Waals surface area (Å²) in [7, 11) is 0. The van der Waals surface area contributed by atoms with E-state index in [1.54, 1.807) is 0 Å². The maximum atomic E-state index is 9.71. The lowest BCUT2D eigenvalue weighted by molar-refractivity contribution is -0.418. The van der Waals surface area contributed by atoms with Crippen LogP contribution in [0.4, 0.5) is 0 Å². The smallest absolute Gasteiger partial charge is 0.417 e. The van der Waals surface area contributed by atoms with Crippen LogP contribution in [0.1, 0.15) is 0 Å². The van der Waals surface area contributed by atoms with Crippen molar-refractivity contribution in [2.45, 2.75) is 0 Å². The van der Waals surface area contributed by atoms with Crippen LogP contribution in [0, 0.1) is 15.5 Å². The molecule has 0 radical (unpaired) electrons. The molecule has 0 rings (SSSR count). The molecule has 6 nitrogen and oxygen atoms in total. The second-order valence-electron chi connectivity index (χ2n) is 1.04. The first kappa shape index (κ1) is 7.32. The number of carboxylic acids is 1. The quantitative estimate of drug-likeness (QED) is 0.227. The molecule has 9 heavy (non-hydrogen) atoms. The largest absolute Gasteiger partial charge is 0.473 e. The number of hydrogen-bond acceptors (Lipinski definition) is 4. The molecule has 0 saturated carbocycles. The molecule has 0 aliphatic heterocycles. The summed E-state index contributed by atoms with van der Waals surface area (Å²) in [5, 5.41) is 23.6. The van der Waals surface area contributed by atoms with Gasteiger partial charge in [-0.25, -0.2) is 4.79 Å². The fourth-order valence-electron chi connectivity index (χ4n) is 0.177. The Morgan fingerprint density at radius 1 is 1.78 bits per heavy atom. The van der Waals surface area contributed by atoms with Gasteiger partial charge in [-0.3, -0.25) is 15.5 Å². The highest BCUT2D eigenvalue weighted by Gasteiger charge is 2.19. The minimum absolute atomic E-state index is 1.17. The van der Waals surface area contributed by atoms with Crippen LogP contribution in [0.15, 0.2) is 5.70 Å². The van der Waals surface area contributed by atoms with E-state index in [4.69, 9.17) is 10.5 Å². The maximum Gasteiger partial charge on any atom is 0.417 e. The lowest BCUT2D eigenvalue weighted by Crippen LogP contribution is -2.10. The Hall–Kier alpha value is -1.68. The van der Waals surface area contributed by atoms with Crippen LogP contribution in [0.5, 0.6) is 0 Å². The molecule has 0 aromatic carbocycles. The number of nitrogens with zero attached hydrogens (tertiary/aromatic N) is 1. The summed E-state index contributed by atoms with van der Waals surface area (Å²) < 4.78 is 0. The molecule has 6 heteroatoms. The molecule has 0 spiro atoms. The third-order valence-corrected chi connectivity index (χ3v) is 0.504. The molecule has 0 fully saturated rings. The van der Waals surface area contributed by atoms with Gasteiger partial charge in [-0.05, 0) is 0 Å². The van der Waals surface area contributed by atoms with Gasteiger partial charge in [-0.1, -0.05) is 0 Å². The van der Waals surface area contributed by atoms with E-state index in [0.717, 1.165) is 0 Å². The molecule has 0 aromatic heterocycles. The van der Waals surface area contributed by atoms with Gasteiger partial charge in [-0.15, -0.1) is 0 Å². The second kappa shape index (κ2) is 2.58. The Balaban J connectivity index is 4.59. The Bertz CT molecular complexity index is 186. The first-order chi connectivity index (χ1) is 4.09. The highest BCUT2D eigenvalue weighted by atomic mass is 16.6. The van der Waals surface area contributed by atoms with E-state index in [9.17, 15) is 14.9 Å². The maximum absolute atomic E-state index is 9.71. The van der Waals surface area contributed by atoms with E-state index in [2.05, 4.69) is 0 Å². The van der Waals surface area contributed by atoms with Crippen molar-refractivity contribution in [1.82, 2.24) is 0 Å². The number of carboxylic acid groups (broad SMARTS) is 1. The van der Waals surface area contributed by atoms with Gasteiger partial charge in [0, 0.05) is 0 Å². The van der Waals surface area contributed by atoms with Crippen LogP contribution < -0.4 is 0 Å². The zero-order valence-electron chi connectivity index (χ0n) is 4.12. The van der Waals surface area contributed by atoms with Gasteiger partial charge in [0.1, 0.15) is 0 Å². The Morgan fingerprint density at radius 2 is 2.22 bits per heavy atom. The van der Waals surface area contributed by atoms with Crippen molar-refractivity contribution in [3.05, 3.63) is 15.8 Å². The molecule has 0 aliphatic carbocycles. The fourth-order valence-corrected chi connectivity index (χ4v) is 0.177. The van der Waals surface area contributed by atoms with E-state index in [0.29, 0.717) is 0 Å². The van der Waals surface area contributed by atoms with Gasteiger partial charge in [0.05, 0.1) is 10.8 Å². The Labute approximate surface area is 49.1 Å². The molecule has 0 aromatic rings. The van der Waals surface area contributed by atoms with Crippen molar-refractivity contribution in [3.63, 3.8) is 0 Å². The molecule has 0 unspecified atom stereocenters. The van der Waals surface area contributed by atoms with Crippen LogP contribution in [-0.2, 0) is 4.79 Å². The Morgan fingerprint density at radius 3 is 2.22 bits per heavy atom. The van der Waals surface area contributed by atoms with Crippen molar-refractivity contribution in [2.75, 3.05) is 0 Å². The van der Waals surface area contributed by atoms with Crippen molar-refractivity contribution < 1.29 is 14.8 Å². The summed E-state index contributed by atoms with van der Waals surface area (Å²) in [4.78, 5) is 18.1. The van der Waals surface area contributed by atoms with Gasteiger partial charge in [0.2, 0.25) is 0 Å². The average molecular weight is 130 g/mol. The molecule has 0 saturated heterocycles.